The normalized spacial score (nSPS) is 11.4. The maximum atomic E-state index is 3.99. The van der Waals surface area contributed by atoms with Gasteiger partial charge in [0, 0.05) is 29.2 Å². The minimum Gasteiger partial charge on any atom is -0.372 e. The lowest BCUT2D eigenvalue weighted by Crippen LogP contribution is -2.53. The van der Waals surface area contributed by atoms with E-state index in [1.807, 2.05) is 0 Å². The van der Waals surface area contributed by atoms with E-state index in [1.54, 1.807) is 0 Å². The molecule has 0 aliphatic heterocycles. The average Bonchev–Trinajstić information content (AvgIpc) is 3.15. The summed E-state index contributed by atoms with van der Waals surface area (Å²) in [7, 11) is 0. The van der Waals surface area contributed by atoms with Crippen molar-refractivity contribution in [1.29, 1.82) is 0 Å². The van der Waals surface area contributed by atoms with Gasteiger partial charge in [-0.1, -0.05) is 153 Å². The van der Waals surface area contributed by atoms with Crippen molar-refractivity contribution in [2.75, 3.05) is 21.3 Å². The Morgan fingerprint density at radius 2 is 0.583 bits per heavy atom. The molecule has 6 aromatic carbocycles. The van der Waals surface area contributed by atoms with E-state index < -0.39 is 5.79 Å². The highest BCUT2D eigenvalue weighted by Gasteiger charge is 2.34. The van der Waals surface area contributed by atoms with Crippen molar-refractivity contribution in [3.05, 3.63) is 193 Å². The molecule has 4 heteroatoms. The molecule has 0 saturated carbocycles. The van der Waals surface area contributed by atoms with E-state index in [2.05, 4.69) is 203 Å². The molecule has 4 nitrogen and oxygen atoms in total. The van der Waals surface area contributed by atoms with Crippen molar-refractivity contribution >= 4 is 22.7 Å². The van der Waals surface area contributed by atoms with Crippen LogP contribution in [-0.4, -0.2) is 5.79 Å². The van der Waals surface area contributed by atoms with Crippen LogP contribution in [0.2, 0.25) is 0 Å². The van der Waals surface area contributed by atoms with E-state index in [0.717, 1.165) is 61.3 Å². The minimum absolute atomic E-state index is 0.341. The molecule has 0 aliphatic carbocycles. The molecule has 0 aromatic heterocycles. The molecule has 0 bridgehead atoms. The lowest BCUT2D eigenvalue weighted by atomic mass is 9.78. The van der Waals surface area contributed by atoms with E-state index in [-0.39, 0.29) is 5.54 Å². The van der Waals surface area contributed by atoms with Gasteiger partial charge >= 0.3 is 0 Å². The molecule has 0 amide bonds. The molecular weight excluding hydrogens is 585 g/mol. The largest absolute Gasteiger partial charge is 0.372 e. The van der Waals surface area contributed by atoms with Crippen LogP contribution in [0.5, 0.6) is 0 Å². The molecular formula is C44H46N4. The predicted molar refractivity (Wildman–Crippen MR) is 204 cm³/mol. The molecule has 6 aromatic rings. The summed E-state index contributed by atoms with van der Waals surface area (Å²) < 4.78 is 0. The molecule has 0 saturated heterocycles. The minimum atomic E-state index is -0.600. The Morgan fingerprint density at radius 1 is 0.292 bits per heavy atom. The lowest BCUT2D eigenvalue weighted by molar-refractivity contribution is 0.462. The second kappa shape index (κ2) is 16.4. The number of nitrogens with one attached hydrogen (secondary N) is 4. The fourth-order valence-corrected chi connectivity index (χ4v) is 6.59. The maximum absolute atomic E-state index is 3.99. The molecule has 4 N–H and O–H groups in total. The van der Waals surface area contributed by atoms with Crippen LogP contribution >= 0.6 is 0 Å². The van der Waals surface area contributed by atoms with Crippen LogP contribution in [0.25, 0.3) is 0 Å². The van der Waals surface area contributed by atoms with Gasteiger partial charge in [0.05, 0.1) is 5.54 Å². The Balaban J connectivity index is 1.20. The van der Waals surface area contributed by atoms with Crippen molar-refractivity contribution in [3.63, 3.8) is 0 Å². The number of hydrogen-bond donors (Lipinski definition) is 4. The number of hydrogen-bond acceptors (Lipinski definition) is 4. The Hall–Kier alpha value is -5.48. The highest BCUT2D eigenvalue weighted by Crippen LogP contribution is 2.38. The van der Waals surface area contributed by atoms with E-state index in [9.17, 15) is 0 Å². The summed E-state index contributed by atoms with van der Waals surface area (Å²) in [5, 5.41) is 15.5. The Labute approximate surface area is 286 Å². The molecule has 242 valence electrons. The third-order valence-corrected chi connectivity index (χ3v) is 8.91. The predicted octanol–water partition coefficient (Wildman–Crippen LogP) is 11.4. The standard InChI is InChI=1S/C44H46N4/c1(21-35-43(37-23-9-3-10-24-37,38-25-11-4-12-26-38)45-39-27-13-5-14-28-39)2-22-36-44(46-40-29-15-6-16-30-40,47-41-31-17-7-18-32-41)48-42-33-19-8-20-34-42/h3-20,23-34,45-48H,1-2,21-22,35-36H2. The Kier molecular flexibility index (Phi) is 11.1. The SMILES string of the molecule is c1ccc(NC(CCCCCCC(Nc2ccccc2)(c2ccccc2)c2ccccc2)(Nc2ccccc2)Nc2ccccc2)cc1. The van der Waals surface area contributed by atoms with E-state index in [0.29, 0.717) is 0 Å². The van der Waals surface area contributed by atoms with Crippen LogP contribution in [0.15, 0.2) is 182 Å². The van der Waals surface area contributed by atoms with Crippen LogP contribution in [0.4, 0.5) is 22.7 Å². The van der Waals surface area contributed by atoms with Crippen molar-refractivity contribution in [1.82, 2.24) is 0 Å². The van der Waals surface area contributed by atoms with Gasteiger partial charge in [-0.2, -0.15) is 0 Å². The molecule has 0 heterocycles. The van der Waals surface area contributed by atoms with E-state index in [1.165, 1.54) is 11.1 Å². The number of benzene rings is 6. The molecule has 0 radical (unpaired) electrons. The monoisotopic (exact) mass is 630 g/mol. The van der Waals surface area contributed by atoms with Crippen LogP contribution in [0.1, 0.15) is 49.7 Å². The van der Waals surface area contributed by atoms with Gasteiger partial charge in [0.2, 0.25) is 0 Å². The van der Waals surface area contributed by atoms with Crippen molar-refractivity contribution in [2.24, 2.45) is 0 Å². The fourth-order valence-electron chi connectivity index (χ4n) is 6.59. The van der Waals surface area contributed by atoms with Crippen molar-refractivity contribution in [2.45, 2.75) is 49.9 Å². The van der Waals surface area contributed by atoms with Gasteiger partial charge in [-0.25, -0.2) is 0 Å². The summed E-state index contributed by atoms with van der Waals surface area (Å²) in [6.07, 6.45) is 6.20. The first-order valence-corrected chi connectivity index (χ1v) is 17.2. The van der Waals surface area contributed by atoms with Gasteiger partial charge in [-0.05, 0) is 72.5 Å². The van der Waals surface area contributed by atoms with Gasteiger partial charge in [-0.3, -0.25) is 0 Å². The third-order valence-electron chi connectivity index (χ3n) is 8.91. The third kappa shape index (κ3) is 8.65. The molecule has 0 fully saturated rings. The summed E-state index contributed by atoms with van der Waals surface area (Å²) in [5.74, 6) is -0.600. The molecule has 0 spiro atoms. The van der Waals surface area contributed by atoms with Crippen LogP contribution in [0, 0.1) is 0 Å². The summed E-state index contributed by atoms with van der Waals surface area (Å²) in [6.45, 7) is 0. The summed E-state index contributed by atoms with van der Waals surface area (Å²) in [5.41, 5.74) is 6.54. The van der Waals surface area contributed by atoms with Gasteiger partial charge in [-0.15, -0.1) is 0 Å². The smallest absolute Gasteiger partial charge is 0.185 e. The molecule has 0 aliphatic rings. The van der Waals surface area contributed by atoms with Gasteiger partial charge < -0.3 is 21.3 Å². The zero-order valence-corrected chi connectivity index (χ0v) is 27.6. The van der Waals surface area contributed by atoms with Gasteiger partial charge in [0.1, 0.15) is 0 Å². The van der Waals surface area contributed by atoms with Crippen LogP contribution in [0.3, 0.4) is 0 Å². The Bertz CT molecular complexity index is 1610. The van der Waals surface area contributed by atoms with Crippen LogP contribution < -0.4 is 21.3 Å². The van der Waals surface area contributed by atoms with Gasteiger partial charge in [0.15, 0.2) is 5.79 Å². The number of anilines is 4. The zero-order valence-electron chi connectivity index (χ0n) is 27.6. The highest BCUT2D eigenvalue weighted by molar-refractivity contribution is 5.58. The first-order valence-electron chi connectivity index (χ1n) is 17.2. The van der Waals surface area contributed by atoms with Gasteiger partial charge in [0.25, 0.3) is 0 Å². The summed E-state index contributed by atoms with van der Waals surface area (Å²) >= 11 is 0. The molecule has 0 atom stereocenters. The molecule has 6 rings (SSSR count). The fraction of sp³-hybridized carbons (Fsp3) is 0.182. The van der Waals surface area contributed by atoms with E-state index in [4.69, 9.17) is 0 Å². The second-order valence-electron chi connectivity index (χ2n) is 12.4. The highest BCUT2D eigenvalue weighted by atomic mass is 15.4. The topological polar surface area (TPSA) is 48.1 Å². The molecule has 0 unspecified atom stereocenters. The number of rotatable bonds is 17. The first kappa shape index (κ1) is 32.5. The number of unbranched alkanes of at least 4 members (excludes halogenated alkanes) is 3. The quantitative estimate of drug-likeness (QED) is 0.0598. The molecule has 48 heavy (non-hydrogen) atoms. The summed E-state index contributed by atoms with van der Waals surface area (Å²) in [4.78, 5) is 0. The second-order valence-corrected chi connectivity index (χ2v) is 12.4. The van der Waals surface area contributed by atoms with Crippen molar-refractivity contribution < 1.29 is 0 Å². The average molecular weight is 631 g/mol. The van der Waals surface area contributed by atoms with Crippen molar-refractivity contribution in [3.8, 4) is 0 Å². The maximum Gasteiger partial charge on any atom is 0.185 e. The zero-order chi connectivity index (χ0) is 32.7. The van der Waals surface area contributed by atoms with E-state index >= 15 is 0 Å². The Morgan fingerprint density at radius 3 is 0.938 bits per heavy atom. The van der Waals surface area contributed by atoms with Crippen LogP contribution in [-0.2, 0) is 5.54 Å². The number of para-hydroxylation sites is 4. The summed E-state index contributed by atoms with van der Waals surface area (Å²) in [6, 6.07) is 63.8. The lowest BCUT2D eigenvalue weighted by Gasteiger charge is -2.39. The first-order chi connectivity index (χ1) is 23.7.